The standard InChI is InChI=1S/C9H14N2O2/c1-11(2)8(6-10-7-12)9-4-3-5-13-9/h3-5,7-8H,6H2,1-2H3,(H,10,12). The number of carbonyl (C=O) groups is 1. The minimum Gasteiger partial charge on any atom is -0.468 e. The fourth-order valence-corrected chi connectivity index (χ4v) is 1.18. The Morgan fingerprint density at radius 3 is 2.92 bits per heavy atom. The monoisotopic (exact) mass is 182 g/mol. The minimum atomic E-state index is 0.0974. The maximum Gasteiger partial charge on any atom is 0.207 e. The van der Waals surface area contributed by atoms with Crippen molar-refractivity contribution >= 4 is 6.41 Å². The van der Waals surface area contributed by atoms with Gasteiger partial charge in [-0.3, -0.25) is 9.69 Å². The molecule has 1 heterocycles. The molecule has 72 valence electrons. The number of hydrogen-bond donors (Lipinski definition) is 1. The second kappa shape index (κ2) is 4.67. The highest BCUT2D eigenvalue weighted by Crippen LogP contribution is 2.16. The van der Waals surface area contributed by atoms with Crippen molar-refractivity contribution in [2.75, 3.05) is 20.6 Å². The number of furan rings is 1. The van der Waals surface area contributed by atoms with Crippen molar-refractivity contribution in [2.24, 2.45) is 0 Å². The van der Waals surface area contributed by atoms with Crippen molar-refractivity contribution in [3.05, 3.63) is 24.2 Å². The molecule has 13 heavy (non-hydrogen) atoms. The summed E-state index contributed by atoms with van der Waals surface area (Å²) < 4.78 is 5.26. The Bertz CT molecular complexity index is 244. The highest BCUT2D eigenvalue weighted by Gasteiger charge is 2.15. The molecule has 0 aliphatic rings. The van der Waals surface area contributed by atoms with E-state index in [0.717, 1.165) is 5.76 Å². The lowest BCUT2D eigenvalue weighted by atomic mass is 10.2. The molecule has 4 heteroatoms. The van der Waals surface area contributed by atoms with Gasteiger partial charge >= 0.3 is 0 Å². The number of amides is 1. The van der Waals surface area contributed by atoms with Crippen LogP contribution in [0.1, 0.15) is 11.8 Å². The van der Waals surface area contributed by atoms with Crippen LogP contribution in [0.5, 0.6) is 0 Å². The van der Waals surface area contributed by atoms with Gasteiger partial charge in [0.2, 0.25) is 6.41 Å². The quantitative estimate of drug-likeness (QED) is 0.679. The van der Waals surface area contributed by atoms with Gasteiger partial charge in [0.05, 0.1) is 12.3 Å². The van der Waals surface area contributed by atoms with Crippen molar-refractivity contribution in [3.63, 3.8) is 0 Å². The predicted octanol–water partition coefficient (Wildman–Crippen LogP) is 0.628. The molecule has 1 atom stereocenters. The number of rotatable bonds is 5. The average molecular weight is 182 g/mol. The van der Waals surface area contributed by atoms with Crippen molar-refractivity contribution in [3.8, 4) is 0 Å². The molecule has 0 saturated heterocycles. The zero-order valence-corrected chi connectivity index (χ0v) is 7.86. The molecule has 1 unspecified atom stereocenters. The number of likely N-dealkylation sites (N-methyl/N-ethyl adjacent to an activating group) is 1. The van der Waals surface area contributed by atoms with E-state index in [9.17, 15) is 4.79 Å². The summed E-state index contributed by atoms with van der Waals surface area (Å²) in [6, 6.07) is 3.84. The summed E-state index contributed by atoms with van der Waals surface area (Å²) in [4.78, 5) is 12.1. The van der Waals surface area contributed by atoms with Crippen LogP contribution in [0.25, 0.3) is 0 Å². The molecule has 0 aromatic carbocycles. The first-order chi connectivity index (χ1) is 6.25. The normalized spacial score (nSPS) is 12.8. The molecule has 0 spiro atoms. The van der Waals surface area contributed by atoms with E-state index in [4.69, 9.17) is 4.42 Å². The van der Waals surface area contributed by atoms with Gasteiger partial charge in [0.1, 0.15) is 5.76 Å². The van der Waals surface area contributed by atoms with Crippen molar-refractivity contribution in [1.29, 1.82) is 0 Å². The molecule has 0 saturated carbocycles. The second-order valence-electron chi connectivity index (χ2n) is 3.02. The largest absolute Gasteiger partial charge is 0.468 e. The number of nitrogens with zero attached hydrogens (tertiary/aromatic N) is 1. The van der Waals surface area contributed by atoms with Gasteiger partial charge < -0.3 is 9.73 Å². The van der Waals surface area contributed by atoms with Gasteiger partial charge in [0.15, 0.2) is 0 Å². The lowest BCUT2D eigenvalue weighted by Gasteiger charge is -2.21. The van der Waals surface area contributed by atoms with Crippen LogP contribution >= 0.6 is 0 Å². The molecule has 1 rings (SSSR count). The van der Waals surface area contributed by atoms with E-state index in [-0.39, 0.29) is 6.04 Å². The van der Waals surface area contributed by atoms with E-state index < -0.39 is 0 Å². The van der Waals surface area contributed by atoms with Crippen LogP contribution in [0.4, 0.5) is 0 Å². The predicted molar refractivity (Wildman–Crippen MR) is 49.2 cm³/mol. The SMILES string of the molecule is CN(C)C(CNC=O)c1ccco1. The first-order valence-corrected chi connectivity index (χ1v) is 4.12. The summed E-state index contributed by atoms with van der Waals surface area (Å²) in [5, 5.41) is 2.64. The van der Waals surface area contributed by atoms with Gasteiger partial charge in [-0.15, -0.1) is 0 Å². The van der Waals surface area contributed by atoms with Crippen LogP contribution in [-0.4, -0.2) is 32.0 Å². The highest BCUT2D eigenvalue weighted by atomic mass is 16.3. The van der Waals surface area contributed by atoms with E-state index in [1.807, 2.05) is 31.1 Å². The molecular weight excluding hydrogens is 168 g/mol. The molecule has 0 radical (unpaired) electrons. The smallest absolute Gasteiger partial charge is 0.207 e. The molecule has 0 fully saturated rings. The number of hydrogen-bond acceptors (Lipinski definition) is 3. The molecule has 4 nitrogen and oxygen atoms in total. The molecule has 1 aromatic heterocycles. The summed E-state index contributed by atoms with van der Waals surface area (Å²) in [7, 11) is 3.89. The van der Waals surface area contributed by atoms with Gasteiger partial charge in [0, 0.05) is 6.54 Å². The topological polar surface area (TPSA) is 45.5 Å². The van der Waals surface area contributed by atoms with Crippen LogP contribution < -0.4 is 5.32 Å². The maximum atomic E-state index is 10.1. The Labute approximate surface area is 77.5 Å². The van der Waals surface area contributed by atoms with Crippen molar-refractivity contribution in [1.82, 2.24) is 10.2 Å². The van der Waals surface area contributed by atoms with E-state index in [1.54, 1.807) is 6.26 Å². The Morgan fingerprint density at radius 2 is 2.46 bits per heavy atom. The molecule has 0 bridgehead atoms. The third-order valence-electron chi connectivity index (χ3n) is 1.89. The third-order valence-corrected chi connectivity index (χ3v) is 1.89. The molecule has 0 aliphatic carbocycles. The van der Waals surface area contributed by atoms with Gasteiger partial charge in [-0.05, 0) is 26.2 Å². The third kappa shape index (κ3) is 2.59. The Balaban J connectivity index is 2.63. The van der Waals surface area contributed by atoms with Crippen molar-refractivity contribution < 1.29 is 9.21 Å². The average Bonchev–Trinajstić information content (AvgIpc) is 2.57. The summed E-state index contributed by atoms with van der Waals surface area (Å²) in [5.74, 6) is 0.861. The first-order valence-electron chi connectivity index (χ1n) is 4.12. The Kier molecular flexibility index (Phi) is 3.52. The van der Waals surface area contributed by atoms with Crippen LogP contribution in [0.3, 0.4) is 0 Å². The Morgan fingerprint density at radius 1 is 1.69 bits per heavy atom. The molecule has 1 aromatic rings. The van der Waals surface area contributed by atoms with Gasteiger partial charge in [-0.1, -0.05) is 0 Å². The second-order valence-corrected chi connectivity index (χ2v) is 3.02. The molecule has 0 aliphatic heterocycles. The van der Waals surface area contributed by atoms with Crippen LogP contribution in [-0.2, 0) is 4.79 Å². The minimum absolute atomic E-state index is 0.0974. The van der Waals surface area contributed by atoms with Crippen molar-refractivity contribution in [2.45, 2.75) is 6.04 Å². The van der Waals surface area contributed by atoms with Crippen LogP contribution in [0.15, 0.2) is 22.8 Å². The molecule has 1 N–H and O–H groups in total. The fraction of sp³-hybridized carbons (Fsp3) is 0.444. The first kappa shape index (κ1) is 9.80. The van der Waals surface area contributed by atoms with Crippen LogP contribution in [0.2, 0.25) is 0 Å². The van der Waals surface area contributed by atoms with E-state index in [2.05, 4.69) is 5.32 Å². The fourth-order valence-electron chi connectivity index (χ4n) is 1.18. The summed E-state index contributed by atoms with van der Waals surface area (Å²) in [5.41, 5.74) is 0. The number of carbonyl (C=O) groups excluding carboxylic acids is 1. The zero-order valence-electron chi connectivity index (χ0n) is 7.86. The van der Waals surface area contributed by atoms with E-state index in [0.29, 0.717) is 13.0 Å². The molecular formula is C9H14N2O2. The van der Waals surface area contributed by atoms with Gasteiger partial charge in [-0.2, -0.15) is 0 Å². The maximum absolute atomic E-state index is 10.1. The lowest BCUT2D eigenvalue weighted by molar-refractivity contribution is -0.109. The Hall–Kier alpha value is -1.29. The van der Waals surface area contributed by atoms with E-state index in [1.165, 1.54) is 0 Å². The van der Waals surface area contributed by atoms with Gasteiger partial charge in [0.25, 0.3) is 0 Å². The van der Waals surface area contributed by atoms with Gasteiger partial charge in [-0.25, -0.2) is 0 Å². The zero-order chi connectivity index (χ0) is 9.68. The number of nitrogens with one attached hydrogen (secondary N) is 1. The molecule has 1 amide bonds. The summed E-state index contributed by atoms with van der Waals surface area (Å²) >= 11 is 0. The highest BCUT2D eigenvalue weighted by molar-refractivity contribution is 5.46. The van der Waals surface area contributed by atoms with Crippen LogP contribution in [0, 0.1) is 0 Å². The summed E-state index contributed by atoms with van der Waals surface area (Å²) in [6.07, 6.45) is 2.33. The van der Waals surface area contributed by atoms with E-state index >= 15 is 0 Å². The summed E-state index contributed by atoms with van der Waals surface area (Å²) in [6.45, 7) is 0.560. The lowest BCUT2D eigenvalue weighted by Crippen LogP contribution is -2.30.